The molecular weight excluding hydrogens is 202 g/mol. The Labute approximate surface area is 97.5 Å². The van der Waals surface area contributed by atoms with Crippen LogP contribution in [0.25, 0.3) is 0 Å². The van der Waals surface area contributed by atoms with Crippen LogP contribution in [-0.2, 0) is 17.9 Å². The minimum atomic E-state index is 0.577. The van der Waals surface area contributed by atoms with E-state index in [0.29, 0.717) is 13.2 Å². The van der Waals surface area contributed by atoms with Gasteiger partial charge in [-0.15, -0.1) is 6.58 Å². The van der Waals surface area contributed by atoms with Crippen LogP contribution < -0.4 is 5.32 Å². The van der Waals surface area contributed by atoms with Gasteiger partial charge in [-0.05, 0) is 26.0 Å². The molecule has 1 heterocycles. The van der Waals surface area contributed by atoms with Crippen LogP contribution in [0.3, 0.4) is 0 Å². The molecule has 16 heavy (non-hydrogen) atoms. The summed E-state index contributed by atoms with van der Waals surface area (Å²) in [5, 5.41) is 3.31. The van der Waals surface area contributed by atoms with Gasteiger partial charge in [0.05, 0.1) is 19.8 Å². The third-order valence-electron chi connectivity index (χ3n) is 2.29. The van der Waals surface area contributed by atoms with Crippen LogP contribution in [0.5, 0.6) is 0 Å². The largest absolute Gasteiger partial charge is 0.465 e. The molecule has 3 nitrogen and oxygen atoms in total. The Morgan fingerprint density at radius 3 is 3.06 bits per heavy atom. The fourth-order valence-electron chi connectivity index (χ4n) is 1.46. The van der Waals surface area contributed by atoms with E-state index in [2.05, 4.69) is 24.9 Å². The summed E-state index contributed by atoms with van der Waals surface area (Å²) in [6.07, 6.45) is 2.88. The predicted molar refractivity (Wildman–Crippen MR) is 65.3 cm³/mol. The second-order valence-electron chi connectivity index (χ2n) is 3.77. The maximum Gasteiger partial charge on any atom is 0.118 e. The van der Waals surface area contributed by atoms with Gasteiger partial charge in [-0.25, -0.2) is 0 Å². The van der Waals surface area contributed by atoms with Crippen molar-refractivity contribution >= 4 is 0 Å². The number of hydrogen-bond acceptors (Lipinski definition) is 3. The molecule has 0 aliphatic carbocycles. The Morgan fingerprint density at radius 1 is 1.56 bits per heavy atom. The molecule has 0 saturated carbocycles. The summed E-state index contributed by atoms with van der Waals surface area (Å²) in [5.41, 5.74) is 1.12. The van der Waals surface area contributed by atoms with Gasteiger partial charge in [0.2, 0.25) is 0 Å². The van der Waals surface area contributed by atoms with Gasteiger partial charge in [0.25, 0.3) is 0 Å². The van der Waals surface area contributed by atoms with Crippen LogP contribution in [0.2, 0.25) is 0 Å². The number of hydrogen-bond donors (Lipinski definition) is 1. The molecule has 0 saturated heterocycles. The SMILES string of the molecule is C=CCOCc1cc(CNCCC)oc1C. The minimum absolute atomic E-state index is 0.577. The Morgan fingerprint density at radius 2 is 2.38 bits per heavy atom. The number of nitrogens with one attached hydrogen (secondary N) is 1. The monoisotopic (exact) mass is 223 g/mol. The highest BCUT2D eigenvalue weighted by Gasteiger charge is 2.06. The van der Waals surface area contributed by atoms with Crippen molar-refractivity contribution in [1.82, 2.24) is 5.32 Å². The first-order valence-electron chi connectivity index (χ1n) is 5.75. The first-order chi connectivity index (χ1) is 7.77. The van der Waals surface area contributed by atoms with Crippen molar-refractivity contribution in [2.45, 2.75) is 33.4 Å². The Hall–Kier alpha value is -1.06. The minimum Gasteiger partial charge on any atom is -0.465 e. The third-order valence-corrected chi connectivity index (χ3v) is 2.29. The molecule has 0 amide bonds. The molecule has 0 unspecified atom stereocenters. The summed E-state index contributed by atoms with van der Waals surface area (Å²) in [7, 11) is 0. The molecule has 0 spiro atoms. The lowest BCUT2D eigenvalue weighted by Gasteiger charge is -1.98. The van der Waals surface area contributed by atoms with Crippen LogP contribution in [-0.4, -0.2) is 13.2 Å². The van der Waals surface area contributed by atoms with Gasteiger partial charge >= 0.3 is 0 Å². The Kier molecular flexibility index (Phi) is 5.90. The van der Waals surface area contributed by atoms with E-state index in [4.69, 9.17) is 9.15 Å². The molecule has 3 heteroatoms. The lowest BCUT2D eigenvalue weighted by molar-refractivity contribution is 0.147. The lowest BCUT2D eigenvalue weighted by Crippen LogP contribution is -2.13. The highest BCUT2D eigenvalue weighted by Crippen LogP contribution is 2.15. The van der Waals surface area contributed by atoms with E-state index in [1.54, 1.807) is 6.08 Å². The smallest absolute Gasteiger partial charge is 0.118 e. The van der Waals surface area contributed by atoms with Gasteiger partial charge < -0.3 is 14.5 Å². The molecular formula is C13H21NO2. The van der Waals surface area contributed by atoms with Crippen LogP contribution in [0, 0.1) is 6.92 Å². The molecule has 0 aliphatic rings. The first kappa shape index (κ1) is 13.0. The van der Waals surface area contributed by atoms with E-state index in [9.17, 15) is 0 Å². The van der Waals surface area contributed by atoms with E-state index in [-0.39, 0.29) is 0 Å². The normalized spacial score (nSPS) is 10.6. The molecule has 0 atom stereocenters. The zero-order chi connectivity index (χ0) is 11.8. The van der Waals surface area contributed by atoms with Gasteiger partial charge in [0, 0.05) is 5.56 Å². The zero-order valence-corrected chi connectivity index (χ0v) is 10.2. The van der Waals surface area contributed by atoms with E-state index >= 15 is 0 Å². The number of rotatable bonds is 8. The predicted octanol–water partition coefficient (Wildman–Crippen LogP) is 2.79. The van der Waals surface area contributed by atoms with Crippen LogP contribution in [0.1, 0.15) is 30.4 Å². The molecule has 0 fully saturated rings. The fraction of sp³-hybridized carbons (Fsp3) is 0.538. The van der Waals surface area contributed by atoms with Crippen molar-refractivity contribution in [3.8, 4) is 0 Å². The molecule has 1 rings (SSSR count). The summed E-state index contributed by atoms with van der Waals surface area (Å²) in [6, 6.07) is 2.06. The van der Waals surface area contributed by atoms with Crippen LogP contribution >= 0.6 is 0 Å². The van der Waals surface area contributed by atoms with Crippen molar-refractivity contribution in [3.05, 3.63) is 35.8 Å². The average Bonchev–Trinajstić information content (AvgIpc) is 2.61. The van der Waals surface area contributed by atoms with Crippen molar-refractivity contribution in [2.75, 3.05) is 13.2 Å². The molecule has 1 aromatic rings. The molecule has 0 bridgehead atoms. The van der Waals surface area contributed by atoms with Gasteiger partial charge in [-0.3, -0.25) is 0 Å². The van der Waals surface area contributed by atoms with Crippen LogP contribution in [0.15, 0.2) is 23.1 Å². The van der Waals surface area contributed by atoms with Gasteiger partial charge in [-0.1, -0.05) is 13.0 Å². The molecule has 0 aromatic carbocycles. The standard InChI is InChI=1S/C13H21NO2/c1-4-6-14-9-13-8-12(11(3)16-13)10-15-7-5-2/h5,8,14H,2,4,6-7,9-10H2,1,3H3. The second-order valence-corrected chi connectivity index (χ2v) is 3.77. The molecule has 0 radical (unpaired) electrons. The fourth-order valence-corrected chi connectivity index (χ4v) is 1.46. The maximum absolute atomic E-state index is 5.62. The first-order valence-corrected chi connectivity index (χ1v) is 5.75. The summed E-state index contributed by atoms with van der Waals surface area (Å²) in [5.74, 6) is 1.92. The van der Waals surface area contributed by atoms with Crippen molar-refractivity contribution in [3.63, 3.8) is 0 Å². The van der Waals surface area contributed by atoms with E-state index in [1.807, 2.05) is 6.92 Å². The van der Waals surface area contributed by atoms with E-state index in [1.165, 1.54) is 0 Å². The summed E-state index contributed by atoms with van der Waals surface area (Å²) in [4.78, 5) is 0. The Bertz CT molecular complexity index is 318. The lowest BCUT2D eigenvalue weighted by atomic mass is 10.2. The van der Waals surface area contributed by atoms with Crippen molar-refractivity contribution in [2.24, 2.45) is 0 Å². The van der Waals surface area contributed by atoms with Gasteiger partial charge in [0.15, 0.2) is 0 Å². The highest BCUT2D eigenvalue weighted by molar-refractivity contribution is 5.19. The van der Waals surface area contributed by atoms with Crippen molar-refractivity contribution < 1.29 is 9.15 Å². The number of ether oxygens (including phenoxy) is 1. The highest BCUT2D eigenvalue weighted by atomic mass is 16.5. The van der Waals surface area contributed by atoms with E-state index < -0.39 is 0 Å². The quantitative estimate of drug-likeness (QED) is 0.543. The topological polar surface area (TPSA) is 34.4 Å². The molecule has 90 valence electrons. The summed E-state index contributed by atoms with van der Waals surface area (Å²) >= 11 is 0. The summed E-state index contributed by atoms with van der Waals surface area (Å²) in [6.45, 7) is 10.7. The third kappa shape index (κ3) is 4.21. The maximum atomic E-state index is 5.62. The molecule has 1 N–H and O–H groups in total. The number of aryl methyl sites for hydroxylation is 1. The average molecular weight is 223 g/mol. The number of furan rings is 1. The van der Waals surface area contributed by atoms with Crippen molar-refractivity contribution in [1.29, 1.82) is 0 Å². The second kappa shape index (κ2) is 7.25. The van der Waals surface area contributed by atoms with Gasteiger partial charge in [-0.2, -0.15) is 0 Å². The zero-order valence-electron chi connectivity index (χ0n) is 10.2. The van der Waals surface area contributed by atoms with Crippen LogP contribution in [0.4, 0.5) is 0 Å². The summed E-state index contributed by atoms with van der Waals surface area (Å²) < 4.78 is 11.0. The molecule has 0 aliphatic heterocycles. The Balaban J connectivity index is 2.42. The van der Waals surface area contributed by atoms with Gasteiger partial charge in [0.1, 0.15) is 11.5 Å². The molecule has 1 aromatic heterocycles. The van der Waals surface area contributed by atoms with E-state index in [0.717, 1.165) is 36.6 Å².